The molecule has 24 heavy (non-hydrogen) atoms. The van der Waals surface area contributed by atoms with E-state index in [1.807, 2.05) is 37.3 Å². The van der Waals surface area contributed by atoms with Gasteiger partial charge in [-0.2, -0.15) is 0 Å². The number of rotatable bonds is 4. The van der Waals surface area contributed by atoms with Crippen molar-refractivity contribution >= 4 is 27.1 Å². The van der Waals surface area contributed by atoms with Crippen LogP contribution in [-0.4, -0.2) is 18.7 Å². The zero-order valence-corrected chi connectivity index (χ0v) is 15.1. The molecule has 0 saturated carbocycles. The average molecular weight is 393 g/mol. The summed E-state index contributed by atoms with van der Waals surface area (Å²) in [6.45, 7) is 2.24. The van der Waals surface area contributed by atoms with E-state index in [4.69, 9.17) is 4.74 Å². The van der Waals surface area contributed by atoms with E-state index in [-0.39, 0.29) is 0 Å². The Morgan fingerprint density at radius 3 is 2.50 bits per heavy atom. The van der Waals surface area contributed by atoms with Crippen molar-refractivity contribution < 1.29 is 4.74 Å². The third kappa shape index (κ3) is 2.71. The van der Waals surface area contributed by atoms with Gasteiger partial charge < -0.3 is 4.74 Å². The molecule has 0 aliphatic carbocycles. The van der Waals surface area contributed by atoms with Crippen LogP contribution < -0.4 is 11.2 Å². The van der Waals surface area contributed by atoms with E-state index in [1.54, 1.807) is 11.6 Å². The van der Waals surface area contributed by atoms with Crippen LogP contribution in [0.4, 0.5) is 0 Å². The molecule has 2 aromatic heterocycles. The molecule has 0 fully saturated rings. The van der Waals surface area contributed by atoms with Gasteiger partial charge in [-0.15, -0.1) is 0 Å². The van der Waals surface area contributed by atoms with Crippen molar-refractivity contribution in [1.29, 1.82) is 0 Å². The molecule has 0 bridgehead atoms. The molecule has 0 aliphatic rings. The topological polar surface area (TPSA) is 71.1 Å². The Morgan fingerprint density at radius 1 is 1.17 bits per heavy atom. The van der Waals surface area contributed by atoms with Crippen molar-refractivity contribution in [2.75, 3.05) is 0 Å². The molecule has 1 aromatic carbocycles. The number of aryl methyl sites for hydroxylation is 1. The van der Waals surface area contributed by atoms with Crippen LogP contribution in [0.25, 0.3) is 11.2 Å². The maximum absolute atomic E-state index is 12.5. The van der Waals surface area contributed by atoms with Crippen LogP contribution >= 0.6 is 15.9 Å². The lowest BCUT2D eigenvalue weighted by Gasteiger charge is -2.16. The van der Waals surface area contributed by atoms with Gasteiger partial charge in [-0.05, 0) is 28.4 Å². The van der Waals surface area contributed by atoms with Gasteiger partial charge in [0.05, 0.1) is 6.61 Å². The standard InChI is InChI=1S/C16H17BrN4O3/c1-10(24-9-11-7-5-4-6-8-11)21-12-13(18-15(21)17)19(2)16(23)20(3)14(12)22/h4-8,10H,9H2,1-3H3. The fourth-order valence-electron chi connectivity index (χ4n) is 2.59. The molecule has 3 aromatic rings. The van der Waals surface area contributed by atoms with Gasteiger partial charge in [-0.3, -0.25) is 18.5 Å². The monoisotopic (exact) mass is 392 g/mol. The number of halogens is 1. The predicted octanol–water partition coefficient (Wildman–Crippen LogP) is 1.93. The fraction of sp³-hybridized carbons (Fsp3) is 0.312. The molecule has 1 unspecified atom stereocenters. The highest BCUT2D eigenvalue weighted by Crippen LogP contribution is 2.23. The lowest BCUT2D eigenvalue weighted by Crippen LogP contribution is -2.37. The molecule has 126 valence electrons. The highest BCUT2D eigenvalue weighted by atomic mass is 79.9. The fourth-order valence-corrected chi connectivity index (χ4v) is 3.22. The van der Waals surface area contributed by atoms with Crippen LogP contribution in [0, 0.1) is 0 Å². The van der Waals surface area contributed by atoms with E-state index in [9.17, 15) is 9.59 Å². The zero-order chi connectivity index (χ0) is 17.4. The van der Waals surface area contributed by atoms with E-state index < -0.39 is 17.5 Å². The molecular weight excluding hydrogens is 376 g/mol. The summed E-state index contributed by atoms with van der Waals surface area (Å²) in [5.74, 6) is 0. The second-order valence-electron chi connectivity index (χ2n) is 5.52. The first-order chi connectivity index (χ1) is 11.4. The molecule has 2 heterocycles. The van der Waals surface area contributed by atoms with Crippen molar-refractivity contribution in [2.24, 2.45) is 14.1 Å². The molecule has 0 radical (unpaired) electrons. The summed E-state index contributed by atoms with van der Waals surface area (Å²) in [6, 6.07) is 9.76. The summed E-state index contributed by atoms with van der Waals surface area (Å²) in [7, 11) is 3.04. The lowest BCUT2D eigenvalue weighted by molar-refractivity contribution is 0.00510. The molecule has 0 amide bonds. The van der Waals surface area contributed by atoms with Gasteiger partial charge in [0, 0.05) is 14.1 Å². The summed E-state index contributed by atoms with van der Waals surface area (Å²) in [4.78, 5) is 28.9. The Hall–Kier alpha value is -2.19. The van der Waals surface area contributed by atoms with Crippen LogP contribution in [0.2, 0.25) is 0 Å². The average Bonchev–Trinajstić information content (AvgIpc) is 2.94. The minimum absolute atomic E-state index is 0.324. The van der Waals surface area contributed by atoms with Crippen LogP contribution in [0.1, 0.15) is 18.7 Å². The second kappa shape index (κ2) is 6.37. The van der Waals surface area contributed by atoms with Crippen molar-refractivity contribution in [1.82, 2.24) is 18.7 Å². The van der Waals surface area contributed by atoms with E-state index in [0.717, 1.165) is 10.1 Å². The van der Waals surface area contributed by atoms with Gasteiger partial charge in [-0.1, -0.05) is 30.3 Å². The Morgan fingerprint density at radius 2 is 1.83 bits per heavy atom. The maximum atomic E-state index is 12.5. The number of benzene rings is 1. The Balaban J connectivity index is 2.04. The number of fused-ring (bicyclic) bond motifs is 1. The highest BCUT2D eigenvalue weighted by molar-refractivity contribution is 9.10. The number of nitrogens with zero attached hydrogens (tertiary/aromatic N) is 4. The number of imidazole rings is 1. The van der Waals surface area contributed by atoms with Crippen LogP contribution in [0.5, 0.6) is 0 Å². The third-order valence-corrected chi connectivity index (χ3v) is 4.51. The first-order valence-corrected chi connectivity index (χ1v) is 8.20. The summed E-state index contributed by atoms with van der Waals surface area (Å²) in [6.07, 6.45) is -0.435. The third-order valence-electron chi connectivity index (χ3n) is 3.95. The number of hydrogen-bond acceptors (Lipinski definition) is 4. The molecule has 7 nitrogen and oxygen atoms in total. The largest absolute Gasteiger partial charge is 0.354 e. The Labute approximate surface area is 146 Å². The van der Waals surface area contributed by atoms with Crippen molar-refractivity contribution in [3.63, 3.8) is 0 Å². The SMILES string of the molecule is CC(OCc1ccccc1)n1c(Br)nc2c1c(=O)n(C)c(=O)n2C. The van der Waals surface area contributed by atoms with Gasteiger partial charge in [0.15, 0.2) is 15.9 Å². The highest BCUT2D eigenvalue weighted by Gasteiger charge is 2.21. The predicted molar refractivity (Wildman–Crippen MR) is 93.9 cm³/mol. The summed E-state index contributed by atoms with van der Waals surface area (Å²) >= 11 is 3.36. The molecule has 8 heteroatoms. The number of ether oxygens (including phenoxy) is 1. The van der Waals surface area contributed by atoms with Crippen LogP contribution in [-0.2, 0) is 25.4 Å². The van der Waals surface area contributed by atoms with Crippen molar-refractivity contribution in [3.05, 3.63) is 61.5 Å². The maximum Gasteiger partial charge on any atom is 0.332 e. The minimum atomic E-state index is -0.435. The summed E-state index contributed by atoms with van der Waals surface area (Å²) in [5.41, 5.74) is 0.867. The van der Waals surface area contributed by atoms with E-state index >= 15 is 0 Å². The minimum Gasteiger partial charge on any atom is -0.354 e. The molecular formula is C16H17BrN4O3. The van der Waals surface area contributed by atoms with Crippen molar-refractivity contribution in [3.8, 4) is 0 Å². The van der Waals surface area contributed by atoms with E-state index in [1.165, 1.54) is 11.6 Å². The lowest BCUT2D eigenvalue weighted by atomic mass is 10.2. The first kappa shape index (κ1) is 16.7. The smallest absolute Gasteiger partial charge is 0.332 e. The Bertz CT molecular complexity index is 1000. The van der Waals surface area contributed by atoms with Gasteiger partial charge in [0.2, 0.25) is 0 Å². The molecule has 0 aliphatic heterocycles. The molecule has 3 rings (SSSR count). The van der Waals surface area contributed by atoms with E-state index in [2.05, 4.69) is 20.9 Å². The van der Waals surface area contributed by atoms with Gasteiger partial charge in [-0.25, -0.2) is 9.78 Å². The van der Waals surface area contributed by atoms with Crippen molar-refractivity contribution in [2.45, 2.75) is 19.8 Å². The van der Waals surface area contributed by atoms with Gasteiger partial charge >= 0.3 is 5.69 Å². The number of aromatic nitrogens is 4. The van der Waals surface area contributed by atoms with Gasteiger partial charge in [0.25, 0.3) is 5.56 Å². The van der Waals surface area contributed by atoms with E-state index in [0.29, 0.717) is 22.5 Å². The Kier molecular flexibility index (Phi) is 4.42. The molecule has 0 saturated heterocycles. The summed E-state index contributed by atoms with van der Waals surface area (Å²) < 4.78 is 10.4. The second-order valence-corrected chi connectivity index (χ2v) is 6.23. The molecule has 0 N–H and O–H groups in total. The quantitative estimate of drug-likeness (QED) is 0.636. The molecule has 0 spiro atoms. The van der Waals surface area contributed by atoms with Gasteiger partial charge in [0.1, 0.15) is 6.23 Å². The normalized spacial score (nSPS) is 12.7. The summed E-state index contributed by atoms with van der Waals surface area (Å²) in [5, 5.41) is 0. The first-order valence-electron chi connectivity index (χ1n) is 7.40. The van der Waals surface area contributed by atoms with Crippen LogP contribution in [0.15, 0.2) is 44.7 Å². The van der Waals surface area contributed by atoms with Crippen LogP contribution in [0.3, 0.4) is 0 Å². The molecule has 1 atom stereocenters. The number of hydrogen-bond donors (Lipinski definition) is 0. The zero-order valence-electron chi connectivity index (χ0n) is 13.6.